The molecule has 10 aromatic rings. The summed E-state index contributed by atoms with van der Waals surface area (Å²) in [6, 6.07) is 57.1. The van der Waals surface area contributed by atoms with Crippen LogP contribution in [0.5, 0.6) is 0 Å². The van der Waals surface area contributed by atoms with Crippen LogP contribution in [0.3, 0.4) is 0 Å². The summed E-state index contributed by atoms with van der Waals surface area (Å²) in [6.07, 6.45) is 0. The molecular formula is C45H27N3O. The molecule has 0 N–H and O–H groups in total. The molecule has 49 heavy (non-hydrogen) atoms. The number of hydrogen-bond acceptors (Lipinski definition) is 4. The van der Waals surface area contributed by atoms with E-state index in [4.69, 9.17) is 19.4 Å². The van der Waals surface area contributed by atoms with Gasteiger partial charge in [0.15, 0.2) is 17.5 Å². The van der Waals surface area contributed by atoms with Crippen LogP contribution < -0.4 is 0 Å². The van der Waals surface area contributed by atoms with Crippen LogP contribution in [0, 0.1) is 0 Å². The lowest BCUT2D eigenvalue weighted by Crippen LogP contribution is -2.00. The number of fused-ring (bicyclic) bond motifs is 8. The second-order valence-electron chi connectivity index (χ2n) is 12.4. The number of aromatic nitrogens is 3. The van der Waals surface area contributed by atoms with Crippen molar-refractivity contribution in [3.8, 4) is 45.3 Å². The fourth-order valence-corrected chi connectivity index (χ4v) is 7.11. The van der Waals surface area contributed by atoms with Crippen molar-refractivity contribution >= 4 is 54.3 Å². The van der Waals surface area contributed by atoms with Crippen molar-refractivity contribution in [2.24, 2.45) is 0 Å². The summed E-state index contributed by atoms with van der Waals surface area (Å²) in [5.74, 6) is 1.86. The predicted molar refractivity (Wildman–Crippen MR) is 201 cm³/mol. The first-order valence-corrected chi connectivity index (χ1v) is 16.4. The second-order valence-corrected chi connectivity index (χ2v) is 12.4. The fraction of sp³-hybridized carbons (Fsp3) is 0. The number of furan rings is 1. The largest absolute Gasteiger partial charge is 0.456 e. The third kappa shape index (κ3) is 4.57. The summed E-state index contributed by atoms with van der Waals surface area (Å²) in [5.41, 5.74) is 6.72. The lowest BCUT2D eigenvalue weighted by molar-refractivity contribution is 0.669. The third-order valence-corrected chi connectivity index (χ3v) is 9.53. The van der Waals surface area contributed by atoms with Crippen molar-refractivity contribution in [2.45, 2.75) is 0 Å². The molecule has 0 saturated heterocycles. The van der Waals surface area contributed by atoms with E-state index in [0.29, 0.717) is 17.5 Å². The topological polar surface area (TPSA) is 51.8 Å². The van der Waals surface area contributed by atoms with Gasteiger partial charge in [-0.15, -0.1) is 0 Å². The zero-order chi connectivity index (χ0) is 32.3. The van der Waals surface area contributed by atoms with Crippen molar-refractivity contribution < 1.29 is 4.42 Å². The van der Waals surface area contributed by atoms with E-state index >= 15 is 0 Å². The summed E-state index contributed by atoms with van der Waals surface area (Å²) in [5, 5.41) is 9.60. The molecule has 0 spiro atoms. The summed E-state index contributed by atoms with van der Waals surface area (Å²) in [4.78, 5) is 15.1. The Morgan fingerprint density at radius 3 is 1.71 bits per heavy atom. The van der Waals surface area contributed by atoms with Gasteiger partial charge in [0, 0.05) is 27.5 Å². The third-order valence-electron chi connectivity index (χ3n) is 9.53. The summed E-state index contributed by atoms with van der Waals surface area (Å²) < 4.78 is 6.20. The van der Waals surface area contributed by atoms with Crippen LogP contribution in [-0.4, -0.2) is 15.0 Å². The Labute approximate surface area is 282 Å². The second kappa shape index (κ2) is 11.0. The highest BCUT2D eigenvalue weighted by atomic mass is 16.3. The average Bonchev–Trinajstić information content (AvgIpc) is 3.57. The molecule has 0 amide bonds. The number of para-hydroxylation sites is 1. The highest BCUT2D eigenvalue weighted by molar-refractivity contribution is 6.17. The quantitative estimate of drug-likeness (QED) is 0.183. The first-order valence-electron chi connectivity index (χ1n) is 16.4. The monoisotopic (exact) mass is 625 g/mol. The van der Waals surface area contributed by atoms with E-state index in [9.17, 15) is 0 Å². The summed E-state index contributed by atoms with van der Waals surface area (Å²) >= 11 is 0. The van der Waals surface area contributed by atoms with Crippen molar-refractivity contribution in [3.63, 3.8) is 0 Å². The first kappa shape index (κ1) is 27.5. The number of benzene rings is 8. The van der Waals surface area contributed by atoms with Crippen LogP contribution in [0.4, 0.5) is 0 Å². The summed E-state index contributed by atoms with van der Waals surface area (Å²) in [6.45, 7) is 0. The van der Waals surface area contributed by atoms with Gasteiger partial charge in [0.2, 0.25) is 0 Å². The Balaban J connectivity index is 1.10. The smallest absolute Gasteiger partial charge is 0.164 e. The van der Waals surface area contributed by atoms with E-state index in [1.807, 2.05) is 60.7 Å². The van der Waals surface area contributed by atoms with Crippen molar-refractivity contribution in [1.82, 2.24) is 15.0 Å². The maximum Gasteiger partial charge on any atom is 0.164 e. The molecule has 2 heterocycles. The minimum Gasteiger partial charge on any atom is -0.456 e. The molecule has 0 fully saturated rings. The van der Waals surface area contributed by atoms with Gasteiger partial charge >= 0.3 is 0 Å². The molecular weight excluding hydrogens is 599 g/mol. The predicted octanol–water partition coefficient (Wildman–Crippen LogP) is 11.9. The van der Waals surface area contributed by atoms with Gasteiger partial charge < -0.3 is 4.42 Å². The summed E-state index contributed by atoms with van der Waals surface area (Å²) in [7, 11) is 0. The van der Waals surface area contributed by atoms with Gasteiger partial charge in [-0.3, -0.25) is 0 Å². The molecule has 10 rings (SSSR count). The molecule has 0 aliphatic heterocycles. The van der Waals surface area contributed by atoms with E-state index in [-0.39, 0.29) is 0 Å². The van der Waals surface area contributed by atoms with Crippen molar-refractivity contribution in [2.75, 3.05) is 0 Å². The fourth-order valence-electron chi connectivity index (χ4n) is 7.11. The molecule has 228 valence electrons. The van der Waals surface area contributed by atoms with Gasteiger partial charge in [-0.05, 0) is 61.6 Å². The van der Waals surface area contributed by atoms with Gasteiger partial charge in [0.25, 0.3) is 0 Å². The number of nitrogens with zero attached hydrogens (tertiary/aromatic N) is 3. The number of hydrogen-bond donors (Lipinski definition) is 0. The molecule has 2 aromatic heterocycles. The highest BCUT2D eigenvalue weighted by Gasteiger charge is 2.18. The van der Waals surface area contributed by atoms with E-state index in [1.165, 1.54) is 37.9 Å². The normalized spacial score (nSPS) is 11.7. The molecule has 4 heteroatoms. The molecule has 0 unspecified atom stereocenters. The molecule has 0 aliphatic carbocycles. The lowest BCUT2D eigenvalue weighted by atomic mass is 9.94. The molecule has 0 saturated carbocycles. The van der Waals surface area contributed by atoms with E-state index in [2.05, 4.69) is 103 Å². The van der Waals surface area contributed by atoms with Crippen LogP contribution in [0.15, 0.2) is 168 Å². The van der Waals surface area contributed by atoms with Crippen LogP contribution in [0.1, 0.15) is 0 Å². The van der Waals surface area contributed by atoms with Gasteiger partial charge in [-0.2, -0.15) is 0 Å². The minimum atomic E-state index is 0.610. The molecule has 8 aromatic carbocycles. The lowest BCUT2D eigenvalue weighted by Gasteiger charge is -2.11. The Morgan fingerprint density at radius 1 is 0.327 bits per heavy atom. The van der Waals surface area contributed by atoms with E-state index < -0.39 is 0 Å². The Hall–Kier alpha value is -6.65. The Kier molecular flexibility index (Phi) is 6.15. The maximum absolute atomic E-state index is 6.20. The average molecular weight is 626 g/mol. The van der Waals surface area contributed by atoms with E-state index in [0.717, 1.165) is 44.2 Å². The van der Waals surface area contributed by atoms with Crippen LogP contribution in [0.25, 0.3) is 99.5 Å². The van der Waals surface area contributed by atoms with Gasteiger partial charge in [0.05, 0.1) is 0 Å². The zero-order valence-electron chi connectivity index (χ0n) is 26.3. The first-order chi connectivity index (χ1) is 24.3. The number of rotatable bonds is 4. The van der Waals surface area contributed by atoms with Gasteiger partial charge in [0.1, 0.15) is 11.2 Å². The van der Waals surface area contributed by atoms with E-state index in [1.54, 1.807) is 0 Å². The Morgan fingerprint density at radius 2 is 0.898 bits per heavy atom. The van der Waals surface area contributed by atoms with Crippen LogP contribution >= 0.6 is 0 Å². The van der Waals surface area contributed by atoms with Crippen LogP contribution in [-0.2, 0) is 0 Å². The molecule has 0 atom stereocenters. The van der Waals surface area contributed by atoms with Crippen molar-refractivity contribution in [3.05, 3.63) is 164 Å². The highest BCUT2D eigenvalue weighted by Crippen LogP contribution is 2.37. The van der Waals surface area contributed by atoms with Gasteiger partial charge in [-0.25, -0.2) is 15.0 Å². The molecule has 0 bridgehead atoms. The molecule has 0 aliphatic rings. The molecule has 4 nitrogen and oxygen atoms in total. The van der Waals surface area contributed by atoms with Crippen molar-refractivity contribution in [1.29, 1.82) is 0 Å². The molecule has 0 radical (unpaired) electrons. The SMILES string of the molecule is c1ccc(-c2nc(-c3ccc(-c4ccc5ccc6c7ccccc7ccc6c5c4)cc3)nc(-c3cccc4oc5ccccc5c34)n2)cc1. The van der Waals surface area contributed by atoms with Crippen LogP contribution in [0.2, 0.25) is 0 Å². The standard InChI is InChI=1S/C45H27N3O/c1-2-10-31(11-3-1)43-46-44(48-45(47-43)38-14-8-16-41-42(38)37-13-6-7-15-40(37)49-41)32-20-17-28(18-21-32)33-22-19-30-24-25-35-34-12-5-4-9-29(34)23-26-36(35)39(30)27-33/h1-27H. The zero-order valence-corrected chi connectivity index (χ0v) is 26.3. The minimum absolute atomic E-state index is 0.610. The van der Waals surface area contributed by atoms with Gasteiger partial charge in [-0.1, -0.05) is 146 Å². The maximum atomic E-state index is 6.20. The Bertz CT molecular complexity index is 2870.